The van der Waals surface area contributed by atoms with Crippen LogP contribution in [0.1, 0.15) is 12.0 Å². The summed E-state index contributed by atoms with van der Waals surface area (Å²) in [5, 5.41) is 31.1. The molecule has 0 aliphatic carbocycles. The summed E-state index contributed by atoms with van der Waals surface area (Å²) in [6, 6.07) is 15.6. The summed E-state index contributed by atoms with van der Waals surface area (Å²) in [4.78, 5) is 11.2. The molecule has 10 heteroatoms. The monoisotopic (exact) mass is 447 g/mol. The minimum Gasteiger partial charge on any atom is -0.497 e. The molecule has 2 aromatic rings. The second-order valence-corrected chi connectivity index (χ2v) is 8.70. The van der Waals surface area contributed by atoms with Gasteiger partial charge in [-0.2, -0.15) is 9.57 Å². The predicted octanol–water partition coefficient (Wildman–Crippen LogP) is 1.84. The molecule has 3 N–H and O–H groups in total. The summed E-state index contributed by atoms with van der Waals surface area (Å²) in [6.45, 7) is -0.527. The third kappa shape index (κ3) is 6.96. The van der Waals surface area contributed by atoms with Gasteiger partial charge in [-0.05, 0) is 36.2 Å². The molecule has 2 atom stereocenters. The number of nitrogens with zero attached hydrogens (tertiary/aromatic N) is 2. The molecule has 0 aromatic heterocycles. The van der Waals surface area contributed by atoms with E-state index in [-0.39, 0.29) is 30.8 Å². The molecule has 0 saturated carbocycles. The van der Waals surface area contributed by atoms with E-state index in [1.54, 1.807) is 24.3 Å². The number of benzene rings is 2. The van der Waals surface area contributed by atoms with E-state index in [1.807, 2.05) is 12.1 Å². The Morgan fingerprint density at radius 1 is 1.19 bits per heavy atom. The van der Waals surface area contributed by atoms with Gasteiger partial charge in [-0.3, -0.25) is 0 Å². The van der Waals surface area contributed by atoms with E-state index in [0.717, 1.165) is 9.87 Å². The highest BCUT2D eigenvalue weighted by atomic mass is 32.2. The zero-order valence-electron chi connectivity index (χ0n) is 17.0. The van der Waals surface area contributed by atoms with Gasteiger partial charge in [0.15, 0.2) is 0 Å². The van der Waals surface area contributed by atoms with Crippen LogP contribution >= 0.6 is 0 Å². The highest BCUT2D eigenvalue weighted by molar-refractivity contribution is 7.89. The zero-order chi connectivity index (χ0) is 22.9. The van der Waals surface area contributed by atoms with Crippen LogP contribution in [0.15, 0.2) is 59.5 Å². The Kier molecular flexibility index (Phi) is 8.81. The molecule has 166 valence electrons. The lowest BCUT2D eigenvalue weighted by Crippen LogP contribution is -2.50. The first-order valence-corrected chi connectivity index (χ1v) is 10.9. The van der Waals surface area contributed by atoms with Crippen molar-refractivity contribution in [2.75, 3.05) is 20.2 Å². The number of rotatable bonds is 11. The maximum Gasteiger partial charge on any atom is 0.404 e. The lowest BCUT2D eigenvalue weighted by molar-refractivity contribution is 0.101. The number of methoxy groups -OCH3 is 1. The van der Waals surface area contributed by atoms with Gasteiger partial charge in [-0.25, -0.2) is 13.2 Å². The van der Waals surface area contributed by atoms with Crippen LogP contribution in [-0.4, -0.2) is 61.4 Å². The largest absolute Gasteiger partial charge is 0.497 e. The molecule has 31 heavy (non-hydrogen) atoms. The number of hydrogen-bond donors (Lipinski definition) is 3. The van der Waals surface area contributed by atoms with Gasteiger partial charge in [-0.15, -0.1) is 0 Å². The zero-order valence-corrected chi connectivity index (χ0v) is 17.8. The van der Waals surface area contributed by atoms with Crippen LogP contribution in [0.4, 0.5) is 4.79 Å². The fourth-order valence-electron chi connectivity index (χ4n) is 3.03. The van der Waals surface area contributed by atoms with Gasteiger partial charge in [0.2, 0.25) is 10.0 Å². The van der Waals surface area contributed by atoms with Crippen molar-refractivity contribution in [2.24, 2.45) is 0 Å². The number of carboxylic acid groups (broad SMARTS) is 1. The Bertz CT molecular complexity index is 990. The lowest BCUT2D eigenvalue weighted by atomic mass is 10.0. The number of nitriles is 1. The molecule has 0 aliphatic heterocycles. The van der Waals surface area contributed by atoms with Crippen molar-refractivity contribution in [3.63, 3.8) is 0 Å². The summed E-state index contributed by atoms with van der Waals surface area (Å²) < 4.78 is 32.2. The number of aliphatic hydroxyl groups excluding tert-OH is 1. The van der Waals surface area contributed by atoms with Gasteiger partial charge in [0.05, 0.1) is 30.2 Å². The predicted molar refractivity (Wildman–Crippen MR) is 113 cm³/mol. The van der Waals surface area contributed by atoms with Gasteiger partial charge in [0.1, 0.15) is 5.75 Å². The van der Waals surface area contributed by atoms with Gasteiger partial charge in [-0.1, -0.05) is 30.3 Å². The SMILES string of the molecule is COc1ccc(S(=O)(=O)N(CCC#N)C[C@H](O)[C@H](Cc2ccccc2)NC(=O)O)cc1. The summed E-state index contributed by atoms with van der Waals surface area (Å²) in [5.74, 6) is 0.483. The number of carbonyl (C=O) groups is 1. The topological polar surface area (TPSA) is 140 Å². The number of amides is 1. The molecule has 2 aromatic carbocycles. The molecule has 0 spiro atoms. The molecule has 0 heterocycles. The first kappa shape index (κ1) is 24.1. The quantitative estimate of drug-likeness (QED) is 0.477. The van der Waals surface area contributed by atoms with Gasteiger partial charge in [0, 0.05) is 19.5 Å². The molecule has 0 unspecified atom stereocenters. The maximum absolute atomic E-state index is 13.1. The average molecular weight is 448 g/mol. The molecule has 0 radical (unpaired) electrons. The standard InChI is InChI=1S/C21H25N3O6S/c1-30-17-8-10-18(11-9-17)31(28,29)24(13-5-12-22)15-20(25)19(23-21(26)27)14-16-6-3-2-4-7-16/h2-4,6-11,19-20,23,25H,5,13-15H2,1H3,(H,26,27)/t19-,20-/m0/s1. The van der Waals surface area contributed by atoms with Crippen LogP contribution < -0.4 is 10.1 Å². The minimum atomic E-state index is -4.04. The Labute approximate surface area is 181 Å². The fraction of sp³-hybridized carbons (Fsp3) is 0.333. The maximum atomic E-state index is 13.1. The summed E-state index contributed by atoms with van der Waals surface area (Å²) in [7, 11) is -2.58. The molecule has 9 nitrogen and oxygen atoms in total. The molecule has 0 bridgehead atoms. The molecular weight excluding hydrogens is 422 g/mol. The van der Waals surface area contributed by atoms with Crippen LogP contribution in [-0.2, 0) is 16.4 Å². The van der Waals surface area contributed by atoms with Crippen molar-refractivity contribution in [1.82, 2.24) is 9.62 Å². The molecule has 2 rings (SSSR count). The minimum absolute atomic E-state index is 0.0238. The number of ether oxygens (including phenoxy) is 1. The van der Waals surface area contributed by atoms with Crippen molar-refractivity contribution in [1.29, 1.82) is 5.26 Å². The smallest absolute Gasteiger partial charge is 0.404 e. The van der Waals surface area contributed by atoms with E-state index in [1.165, 1.54) is 31.4 Å². The number of hydrogen-bond acceptors (Lipinski definition) is 6. The van der Waals surface area contributed by atoms with E-state index >= 15 is 0 Å². The first-order valence-electron chi connectivity index (χ1n) is 9.50. The van der Waals surface area contributed by atoms with Gasteiger partial charge >= 0.3 is 6.09 Å². The Morgan fingerprint density at radius 3 is 2.39 bits per heavy atom. The number of nitrogens with one attached hydrogen (secondary N) is 1. The highest BCUT2D eigenvalue weighted by Crippen LogP contribution is 2.21. The van der Waals surface area contributed by atoms with Crippen LogP contribution in [0, 0.1) is 11.3 Å². The normalized spacial score (nSPS) is 13.2. The second-order valence-electron chi connectivity index (χ2n) is 6.76. The average Bonchev–Trinajstić information content (AvgIpc) is 2.76. The Hall–Kier alpha value is -3.13. The van der Waals surface area contributed by atoms with Crippen molar-refractivity contribution in [3.8, 4) is 11.8 Å². The van der Waals surface area contributed by atoms with E-state index in [4.69, 9.17) is 15.1 Å². The van der Waals surface area contributed by atoms with Crippen LogP contribution in [0.25, 0.3) is 0 Å². The van der Waals surface area contributed by atoms with Gasteiger partial charge < -0.3 is 20.3 Å². The second kappa shape index (κ2) is 11.3. The number of sulfonamides is 1. The highest BCUT2D eigenvalue weighted by Gasteiger charge is 2.30. The lowest BCUT2D eigenvalue weighted by Gasteiger charge is -2.29. The third-order valence-corrected chi connectivity index (χ3v) is 6.51. The third-order valence-electron chi connectivity index (χ3n) is 4.63. The molecule has 0 saturated heterocycles. The molecule has 1 amide bonds. The van der Waals surface area contributed by atoms with Crippen molar-refractivity contribution >= 4 is 16.1 Å². The van der Waals surface area contributed by atoms with E-state index in [0.29, 0.717) is 5.75 Å². The number of aliphatic hydroxyl groups is 1. The summed E-state index contributed by atoms with van der Waals surface area (Å²) in [6.07, 6.45) is -2.59. The first-order chi connectivity index (χ1) is 14.8. The van der Waals surface area contributed by atoms with E-state index < -0.39 is 28.3 Å². The van der Waals surface area contributed by atoms with Gasteiger partial charge in [0.25, 0.3) is 0 Å². The Morgan fingerprint density at radius 2 is 1.84 bits per heavy atom. The fourth-order valence-corrected chi connectivity index (χ4v) is 4.49. The molecule has 0 fully saturated rings. The van der Waals surface area contributed by atoms with Crippen LogP contribution in [0.5, 0.6) is 5.75 Å². The van der Waals surface area contributed by atoms with Crippen molar-refractivity contribution in [3.05, 3.63) is 60.2 Å². The van der Waals surface area contributed by atoms with Crippen molar-refractivity contribution < 1.29 is 28.2 Å². The molecular formula is C21H25N3O6S. The van der Waals surface area contributed by atoms with E-state index in [9.17, 15) is 18.3 Å². The van der Waals surface area contributed by atoms with Crippen LogP contribution in [0.3, 0.4) is 0 Å². The van der Waals surface area contributed by atoms with E-state index in [2.05, 4.69) is 5.32 Å². The molecule has 0 aliphatic rings. The summed E-state index contributed by atoms with van der Waals surface area (Å²) in [5.41, 5.74) is 0.780. The van der Waals surface area contributed by atoms with Crippen LogP contribution in [0.2, 0.25) is 0 Å². The summed E-state index contributed by atoms with van der Waals surface area (Å²) >= 11 is 0. The van der Waals surface area contributed by atoms with Crippen molar-refractivity contribution in [2.45, 2.75) is 29.9 Å². The Balaban J connectivity index is 2.26.